The van der Waals surface area contributed by atoms with E-state index < -0.39 is 17.5 Å². The first-order chi connectivity index (χ1) is 14.3. The standard InChI is InChI=1S/C23H29ClO6/c1-29-22(26)23(27,28)21(25)14-3-2-8-17-10-6-11-18(17)9-4-5-15-30-20-13-7-12-19(24)16-20/h2-4,7,9,12-14,16-18,25,27-28H,5-6,8,10-11,15H2,1H3/b3-2-,9-4+,21-14-/t17-,18-/m0/s1. The molecule has 0 aromatic heterocycles. The van der Waals surface area contributed by atoms with E-state index in [0.29, 0.717) is 23.5 Å². The summed E-state index contributed by atoms with van der Waals surface area (Å²) in [5.74, 6) is -3.54. The minimum absolute atomic E-state index is 0.475. The highest BCUT2D eigenvalue weighted by molar-refractivity contribution is 6.30. The molecule has 1 fully saturated rings. The SMILES string of the molecule is COC(=O)C(O)(O)/C(O)=C/C=C\C[C@H]1CCC[C@@H]1/C=C/CCOc1cccc(Cl)c1. The Hall–Kier alpha value is -2.28. The number of aliphatic hydroxyl groups is 3. The number of carbonyl (C=O) groups is 1. The molecule has 1 aliphatic carbocycles. The second-order valence-electron chi connectivity index (χ2n) is 7.26. The van der Waals surface area contributed by atoms with Crippen molar-refractivity contribution in [3.05, 3.63) is 65.4 Å². The third-order valence-electron chi connectivity index (χ3n) is 5.11. The van der Waals surface area contributed by atoms with Gasteiger partial charge in [0.25, 0.3) is 0 Å². The summed E-state index contributed by atoms with van der Waals surface area (Å²) < 4.78 is 9.92. The highest BCUT2D eigenvalue weighted by atomic mass is 35.5. The Morgan fingerprint density at radius 1 is 1.30 bits per heavy atom. The van der Waals surface area contributed by atoms with Gasteiger partial charge in [-0.25, -0.2) is 4.79 Å². The summed E-state index contributed by atoms with van der Waals surface area (Å²) in [7, 11) is 1.00. The molecular weight excluding hydrogens is 408 g/mol. The summed E-state index contributed by atoms with van der Waals surface area (Å²) >= 11 is 5.94. The van der Waals surface area contributed by atoms with Crippen LogP contribution >= 0.6 is 11.6 Å². The van der Waals surface area contributed by atoms with Gasteiger partial charge in [-0.05, 0) is 61.8 Å². The number of aliphatic hydroxyl groups excluding tert-OH is 1. The Morgan fingerprint density at radius 2 is 2.10 bits per heavy atom. The van der Waals surface area contributed by atoms with Crippen molar-refractivity contribution in [3.63, 3.8) is 0 Å². The van der Waals surface area contributed by atoms with E-state index in [1.54, 1.807) is 6.07 Å². The molecule has 6 nitrogen and oxygen atoms in total. The average molecular weight is 437 g/mol. The van der Waals surface area contributed by atoms with Gasteiger partial charge in [-0.15, -0.1) is 0 Å². The number of hydrogen-bond acceptors (Lipinski definition) is 6. The van der Waals surface area contributed by atoms with Crippen LogP contribution < -0.4 is 4.74 Å². The van der Waals surface area contributed by atoms with Crippen LogP contribution in [0.4, 0.5) is 0 Å². The van der Waals surface area contributed by atoms with Crippen molar-refractivity contribution in [2.75, 3.05) is 13.7 Å². The summed E-state index contributed by atoms with van der Waals surface area (Å²) in [6.45, 7) is 0.586. The fourth-order valence-corrected chi connectivity index (χ4v) is 3.64. The van der Waals surface area contributed by atoms with Crippen LogP contribution in [0.1, 0.15) is 32.1 Å². The second kappa shape index (κ2) is 11.8. The molecule has 1 saturated carbocycles. The van der Waals surface area contributed by atoms with Gasteiger partial charge in [0, 0.05) is 5.02 Å². The van der Waals surface area contributed by atoms with Crippen molar-refractivity contribution in [2.24, 2.45) is 11.8 Å². The number of ether oxygens (including phenoxy) is 2. The van der Waals surface area contributed by atoms with Gasteiger partial charge < -0.3 is 24.8 Å². The van der Waals surface area contributed by atoms with Crippen LogP contribution in [-0.2, 0) is 9.53 Å². The van der Waals surface area contributed by atoms with Crippen molar-refractivity contribution >= 4 is 17.6 Å². The zero-order valence-corrected chi connectivity index (χ0v) is 17.8. The summed E-state index contributed by atoms with van der Waals surface area (Å²) in [5.41, 5.74) is 0. The number of rotatable bonds is 10. The third kappa shape index (κ3) is 7.20. The van der Waals surface area contributed by atoms with Crippen LogP contribution in [-0.4, -0.2) is 40.8 Å². The summed E-state index contributed by atoms with van der Waals surface area (Å²) in [4.78, 5) is 11.2. The molecule has 1 aromatic rings. The predicted octanol–water partition coefficient (Wildman–Crippen LogP) is 4.32. The fraction of sp³-hybridized carbons (Fsp3) is 0.435. The van der Waals surface area contributed by atoms with Crippen LogP contribution in [0.15, 0.2) is 60.4 Å². The average Bonchev–Trinajstić information content (AvgIpc) is 3.17. The van der Waals surface area contributed by atoms with E-state index >= 15 is 0 Å². The van der Waals surface area contributed by atoms with Gasteiger partial charge in [0.15, 0.2) is 5.76 Å². The molecule has 0 radical (unpaired) electrons. The first kappa shape index (κ1) is 24.0. The fourth-order valence-electron chi connectivity index (χ4n) is 3.46. The highest BCUT2D eigenvalue weighted by Gasteiger charge is 2.39. The van der Waals surface area contributed by atoms with E-state index in [1.807, 2.05) is 24.3 Å². The van der Waals surface area contributed by atoms with Crippen molar-refractivity contribution < 1.29 is 29.6 Å². The van der Waals surface area contributed by atoms with Gasteiger partial charge in [-0.3, -0.25) is 0 Å². The Labute approximate surface area is 182 Å². The second-order valence-corrected chi connectivity index (χ2v) is 7.69. The molecule has 0 saturated heterocycles. The first-order valence-corrected chi connectivity index (χ1v) is 10.4. The van der Waals surface area contributed by atoms with Gasteiger partial charge in [-0.2, -0.15) is 0 Å². The van der Waals surface area contributed by atoms with Gasteiger partial charge in [0.1, 0.15) is 5.75 Å². The number of benzene rings is 1. The van der Waals surface area contributed by atoms with Gasteiger partial charge in [0.05, 0.1) is 13.7 Å². The third-order valence-corrected chi connectivity index (χ3v) is 5.34. The largest absolute Gasteiger partial charge is 0.506 e. The molecule has 0 spiro atoms. The minimum Gasteiger partial charge on any atom is -0.506 e. The van der Waals surface area contributed by atoms with E-state index in [2.05, 4.69) is 16.9 Å². The van der Waals surface area contributed by atoms with Gasteiger partial charge in [-0.1, -0.05) is 48.4 Å². The van der Waals surface area contributed by atoms with Crippen molar-refractivity contribution in [2.45, 2.75) is 37.9 Å². The quantitative estimate of drug-likeness (QED) is 0.126. The van der Waals surface area contributed by atoms with Crippen molar-refractivity contribution in [1.29, 1.82) is 0 Å². The van der Waals surface area contributed by atoms with Crippen molar-refractivity contribution in [3.8, 4) is 5.75 Å². The predicted molar refractivity (Wildman–Crippen MR) is 115 cm³/mol. The molecule has 164 valence electrons. The topological polar surface area (TPSA) is 96.2 Å². The monoisotopic (exact) mass is 436 g/mol. The molecule has 2 rings (SSSR count). The number of esters is 1. The maximum Gasteiger partial charge on any atom is 0.374 e. The zero-order chi connectivity index (χ0) is 22.0. The Kier molecular flexibility index (Phi) is 9.43. The summed E-state index contributed by atoms with van der Waals surface area (Å²) in [6.07, 6.45) is 13.8. The van der Waals surface area contributed by atoms with Gasteiger partial charge >= 0.3 is 11.8 Å². The minimum atomic E-state index is -3.04. The lowest BCUT2D eigenvalue weighted by Gasteiger charge is -2.17. The van der Waals surface area contributed by atoms with Crippen LogP contribution in [0, 0.1) is 11.8 Å². The smallest absolute Gasteiger partial charge is 0.374 e. The molecule has 2 atom stereocenters. The molecule has 0 heterocycles. The number of carbonyl (C=O) groups excluding carboxylic acids is 1. The number of halogens is 1. The molecule has 1 aromatic carbocycles. The molecule has 3 N–H and O–H groups in total. The van der Waals surface area contributed by atoms with Gasteiger partial charge in [0.2, 0.25) is 0 Å². The zero-order valence-electron chi connectivity index (χ0n) is 17.0. The Morgan fingerprint density at radius 3 is 2.83 bits per heavy atom. The molecule has 7 heteroatoms. The molecule has 30 heavy (non-hydrogen) atoms. The maximum atomic E-state index is 11.2. The van der Waals surface area contributed by atoms with Crippen LogP contribution in [0.5, 0.6) is 5.75 Å². The summed E-state index contributed by atoms with van der Waals surface area (Å²) in [6, 6.07) is 7.34. The number of hydrogen-bond donors (Lipinski definition) is 3. The lowest BCUT2D eigenvalue weighted by molar-refractivity contribution is -0.201. The molecule has 1 aliphatic rings. The van der Waals surface area contributed by atoms with E-state index in [-0.39, 0.29) is 0 Å². The van der Waals surface area contributed by atoms with Crippen molar-refractivity contribution in [1.82, 2.24) is 0 Å². The van der Waals surface area contributed by atoms with Crippen LogP contribution in [0.25, 0.3) is 0 Å². The highest BCUT2D eigenvalue weighted by Crippen LogP contribution is 2.35. The number of allylic oxidation sites excluding steroid dienone is 4. The lowest BCUT2D eigenvalue weighted by atomic mass is 9.92. The van der Waals surface area contributed by atoms with E-state index in [1.165, 1.54) is 6.08 Å². The number of methoxy groups -OCH3 is 1. The Balaban J connectivity index is 1.77. The maximum absolute atomic E-state index is 11.2. The van der Waals surface area contributed by atoms with E-state index in [0.717, 1.165) is 51.0 Å². The van der Waals surface area contributed by atoms with Crippen LogP contribution in [0.3, 0.4) is 0 Å². The molecule has 0 bridgehead atoms. The molecule has 0 unspecified atom stereocenters. The molecule has 0 amide bonds. The normalized spacial score (nSPS) is 20.2. The van der Waals surface area contributed by atoms with E-state index in [9.17, 15) is 20.1 Å². The lowest BCUT2D eigenvalue weighted by Crippen LogP contribution is -2.41. The van der Waals surface area contributed by atoms with E-state index in [4.69, 9.17) is 16.3 Å². The Bertz CT molecular complexity index is 784. The molecular formula is C23H29ClO6. The first-order valence-electron chi connectivity index (χ1n) is 9.99. The van der Waals surface area contributed by atoms with Crippen LogP contribution in [0.2, 0.25) is 5.02 Å². The molecule has 0 aliphatic heterocycles. The summed E-state index contributed by atoms with van der Waals surface area (Å²) in [5, 5.41) is 29.4.